The van der Waals surface area contributed by atoms with Gasteiger partial charge in [-0.15, -0.1) is 18.3 Å². The van der Waals surface area contributed by atoms with E-state index >= 15 is 0 Å². The first kappa shape index (κ1) is 23.4. The third-order valence-electron chi connectivity index (χ3n) is 8.58. The lowest BCUT2D eigenvalue weighted by Crippen LogP contribution is -2.68. The molecule has 38 heavy (non-hydrogen) atoms. The molecule has 0 atom stereocenters. The van der Waals surface area contributed by atoms with Crippen LogP contribution in [0.5, 0.6) is 0 Å². The largest absolute Gasteiger partial charge is 0.344 e. The van der Waals surface area contributed by atoms with Gasteiger partial charge < -0.3 is 0 Å². The van der Waals surface area contributed by atoms with Crippen LogP contribution in [0.4, 0.5) is 0 Å². The minimum Gasteiger partial charge on any atom is -0.298 e. The van der Waals surface area contributed by atoms with Gasteiger partial charge in [-0.05, 0) is 27.7 Å². The Hall–Kier alpha value is -3.76. The highest BCUT2D eigenvalue weighted by Gasteiger charge is 2.49. The summed E-state index contributed by atoms with van der Waals surface area (Å²) in [6, 6.07) is 0. The van der Waals surface area contributed by atoms with E-state index in [9.17, 15) is 0 Å². The van der Waals surface area contributed by atoms with Crippen LogP contribution in [0.15, 0.2) is 49.6 Å². The van der Waals surface area contributed by atoms with Crippen molar-refractivity contribution in [1.29, 1.82) is 0 Å². The van der Waals surface area contributed by atoms with Crippen LogP contribution in [-0.4, -0.2) is 19.9 Å². The van der Waals surface area contributed by atoms with Crippen LogP contribution in [0, 0.1) is 0 Å². The van der Waals surface area contributed by atoms with E-state index in [1.165, 1.54) is 0 Å². The van der Waals surface area contributed by atoms with Crippen molar-refractivity contribution >= 4 is 0 Å². The standard InChI is InChI=1S/C28H34N10/c1-27(2)23-13-31-9-19-5-29-7-21-11-33-15-25(37(21)17-35(19)23)28(3,4)26-16-34-12-22-8-30-6-20-10-32-14-24(27)36(20)18-38(22)26/h9-16,29-30H,5-8,17-18H2,1-4H3/q+4. The highest BCUT2D eigenvalue weighted by Crippen LogP contribution is 2.30. The van der Waals surface area contributed by atoms with Crippen LogP contribution < -0.4 is 28.9 Å². The molecular formula is C28H34N10+4. The molecule has 192 valence electrons. The van der Waals surface area contributed by atoms with E-state index in [2.05, 4.69) is 56.6 Å². The van der Waals surface area contributed by atoms with E-state index in [0.29, 0.717) is 13.3 Å². The Morgan fingerprint density at radius 2 is 0.737 bits per heavy atom. The summed E-state index contributed by atoms with van der Waals surface area (Å²) in [6.45, 7) is 13.4. The number of hydrogen-bond acceptors (Lipinski definition) is 6. The molecule has 0 saturated heterocycles. The zero-order chi connectivity index (χ0) is 26.1. The van der Waals surface area contributed by atoms with Gasteiger partial charge in [0.2, 0.25) is 45.6 Å². The number of nitrogens with zero attached hydrogens (tertiary/aromatic N) is 8. The summed E-state index contributed by atoms with van der Waals surface area (Å²) in [7, 11) is 0. The van der Waals surface area contributed by atoms with Gasteiger partial charge in [0.05, 0.1) is 75.8 Å². The van der Waals surface area contributed by atoms with Crippen molar-refractivity contribution in [2.75, 3.05) is 0 Å². The molecule has 0 unspecified atom stereocenters. The van der Waals surface area contributed by atoms with Crippen LogP contribution in [0.1, 0.15) is 73.2 Å². The van der Waals surface area contributed by atoms with E-state index in [1.54, 1.807) is 0 Å². The van der Waals surface area contributed by atoms with Gasteiger partial charge in [-0.1, -0.05) is 0 Å². The molecule has 0 radical (unpaired) electrons. The number of aromatic nitrogens is 8. The van der Waals surface area contributed by atoms with Crippen molar-refractivity contribution < 1.29 is 18.3 Å². The zero-order valence-electron chi connectivity index (χ0n) is 22.4. The minimum absolute atomic E-state index is 0.374. The van der Waals surface area contributed by atoms with E-state index in [1.807, 2.05) is 49.6 Å². The second-order valence-corrected chi connectivity index (χ2v) is 11.6. The maximum Gasteiger partial charge on any atom is 0.344 e. The van der Waals surface area contributed by atoms with Crippen molar-refractivity contribution in [3.05, 3.63) is 95.1 Å². The fourth-order valence-electron chi connectivity index (χ4n) is 6.36. The average Bonchev–Trinajstić information content (AvgIpc) is 2.87. The molecule has 2 N–H and O–H groups in total. The second kappa shape index (κ2) is 8.37. The molecule has 10 heteroatoms. The van der Waals surface area contributed by atoms with Gasteiger partial charge in [0.1, 0.15) is 10.8 Å². The molecule has 7 heterocycles. The molecule has 0 amide bonds. The van der Waals surface area contributed by atoms with Crippen molar-refractivity contribution in [1.82, 2.24) is 30.6 Å². The van der Waals surface area contributed by atoms with Gasteiger partial charge in [0.25, 0.3) is 0 Å². The molecule has 0 spiro atoms. The Bertz CT molecular complexity index is 1360. The summed E-state index contributed by atoms with van der Waals surface area (Å²) in [5.74, 6) is 0. The third kappa shape index (κ3) is 3.40. The first-order valence-corrected chi connectivity index (χ1v) is 13.3. The Balaban J connectivity index is 1.63. The Labute approximate surface area is 222 Å². The maximum atomic E-state index is 4.72. The fourth-order valence-corrected chi connectivity index (χ4v) is 6.36. The molecule has 0 fully saturated rings. The van der Waals surface area contributed by atoms with Gasteiger partial charge in [0, 0.05) is 0 Å². The van der Waals surface area contributed by atoms with Crippen LogP contribution in [-0.2, 0) is 50.3 Å². The van der Waals surface area contributed by atoms with E-state index in [0.717, 1.165) is 71.7 Å². The van der Waals surface area contributed by atoms with Gasteiger partial charge in [-0.3, -0.25) is 30.6 Å². The molecular weight excluding hydrogens is 476 g/mol. The molecule has 7 rings (SSSR count). The first-order valence-electron chi connectivity index (χ1n) is 13.3. The lowest BCUT2D eigenvalue weighted by molar-refractivity contribution is -0.938. The average molecular weight is 511 g/mol. The number of hydrogen-bond donors (Lipinski definition) is 2. The highest BCUT2D eigenvalue weighted by molar-refractivity contribution is 5.22. The lowest BCUT2D eigenvalue weighted by atomic mass is 9.84. The topological polar surface area (TPSA) is 91.1 Å². The minimum atomic E-state index is -0.374. The summed E-state index contributed by atoms with van der Waals surface area (Å²) >= 11 is 0. The molecule has 4 aromatic heterocycles. The van der Waals surface area contributed by atoms with Crippen LogP contribution in [0.3, 0.4) is 0 Å². The molecule has 4 bridgehead atoms. The maximum absolute atomic E-state index is 4.72. The smallest absolute Gasteiger partial charge is 0.298 e. The monoisotopic (exact) mass is 510 g/mol. The first-order chi connectivity index (χ1) is 18.4. The summed E-state index contributed by atoms with van der Waals surface area (Å²) in [5, 5.41) is 7.26. The predicted octanol–water partition coefficient (Wildman–Crippen LogP) is -0.400. The highest BCUT2D eigenvalue weighted by atomic mass is 15.3. The summed E-state index contributed by atoms with van der Waals surface area (Å²) in [4.78, 5) is 18.9. The third-order valence-corrected chi connectivity index (χ3v) is 8.58. The van der Waals surface area contributed by atoms with Crippen LogP contribution >= 0.6 is 0 Å². The molecule has 10 nitrogen and oxygen atoms in total. The summed E-state index contributed by atoms with van der Waals surface area (Å²) in [5.41, 5.74) is 8.47. The lowest BCUT2D eigenvalue weighted by Gasteiger charge is -2.26. The molecule has 4 aromatic rings. The SMILES string of the molecule is CC1(C)c2cncc3[n+]2C[n+]2c(cncc2C(C)(C)c2cncc4[n+]2C[n+]2c(cncc21)CNC4)CNC3. The Kier molecular flexibility index (Phi) is 5.15. The van der Waals surface area contributed by atoms with Gasteiger partial charge in [-0.25, -0.2) is 0 Å². The number of nitrogens with one attached hydrogen (secondary N) is 2. The molecule has 3 aliphatic rings. The zero-order valence-corrected chi connectivity index (χ0v) is 22.4. The predicted molar refractivity (Wildman–Crippen MR) is 134 cm³/mol. The Morgan fingerprint density at radius 1 is 0.474 bits per heavy atom. The van der Waals surface area contributed by atoms with Crippen LogP contribution in [0.25, 0.3) is 0 Å². The summed E-state index contributed by atoms with van der Waals surface area (Å²) < 4.78 is 9.70. The van der Waals surface area contributed by atoms with Crippen molar-refractivity contribution in [3.8, 4) is 0 Å². The molecule has 0 aliphatic carbocycles. The van der Waals surface area contributed by atoms with Gasteiger partial charge in [-0.2, -0.15) is 0 Å². The van der Waals surface area contributed by atoms with E-state index < -0.39 is 0 Å². The van der Waals surface area contributed by atoms with Gasteiger partial charge >= 0.3 is 13.3 Å². The number of rotatable bonds is 0. The molecule has 0 aromatic carbocycles. The van der Waals surface area contributed by atoms with Crippen LogP contribution in [0.2, 0.25) is 0 Å². The summed E-state index contributed by atoms with van der Waals surface area (Å²) in [6.07, 6.45) is 16.1. The van der Waals surface area contributed by atoms with E-state index in [4.69, 9.17) is 19.9 Å². The van der Waals surface area contributed by atoms with Crippen molar-refractivity contribution in [2.45, 2.75) is 78.0 Å². The van der Waals surface area contributed by atoms with Crippen molar-refractivity contribution in [3.63, 3.8) is 0 Å². The quantitative estimate of drug-likeness (QED) is 0.313. The second-order valence-electron chi connectivity index (χ2n) is 11.6. The van der Waals surface area contributed by atoms with Gasteiger partial charge in [0.15, 0.2) is 0 Å². The Morgan fingerprint density at radius 3 is 1.00 bits per heavy atom. The molecule has 3 aliphatic heterocycles. The normalized spacial score (nSPS) is 18.6. The van der Waals surface area contributed by atoms with Crippen molar-refractivity contribution in [2.24, 2.45) is 0 Å². The molecule has 0 saturated carbocycles. The van der Waals surface area contributed by atoms with E-state index in [-0.39, 0.29) is 10.8 Å². The fraction of sp³-hybridized carbons (Fsp3) is 0.429.